The standard InChI is InChI=1S/C6H9ClO/c7-6(8)5-3-1-2-4-5/h3,6,8H,1-2,4H2. The fraction of sp³-hybridized carbons (Fsp3) is 0.667. The van der Waals surface area contributed by atoms with Crippen molar-refractivity contribution in [1.82, 2.24) is 0 Å². The molecule has 0 saturated heterocycles. The van der Waals surface area contributed by atoms with Crippen LogP contribution in [0.3, 0.4) is 0 Å². The first-order valence-corrected chi connectivity index (χ1v) is 3.25. The summed E-state index contributed by atoms with van der Waals surface area (Å²) in [5, 5.41) is 8.75. The van der Waals surface area contributed by atoms with Crippen molar-refractivity contribution >= 4 is 11.6 Å². The second kappa shape index (κ2) is 2.51. The van der Waals surface area contributed by atoms with Gasteiger partial charge in [0.2, 0.25) is 0 Å². The van der Waals surface area contributed by atoms with E-state index >= 15 is 0 Å². The van der Waals surface area contributed by atoms with Crippen molar-refractivity contribution in [1.29, 1.82) is 0 Å². The molecular formula is C6H9ClO. The zero-order valence-corrected chi connectivity index (χ0v) is 5.36. The molecule has 0 aromatic heterocycles. The molecule has 1 nitrogen and oxygen atoms in total. The second-order valence-electron chi connectivity index (χ2n) is 2.01. The summed E-state index contributed by atoms with van der Waals surface area (Å²) in [7, 11) is 0. The van der Waals surface area contributed by atoms with Gasteiger partial charge in [-0.3, -0.25) is 0 Å². The van der Waals surface area contributed by atoms with Gasteiger partial charge in [-0.25, -0.2) is 0 Å². The molecule has 0 amide bonds. The molecule has 1 aliphatic rings. The van der Waals surface area contributed by atoms with Gasteiger partial charge in [-0.15, -0.1) is 0 Å². The Hall–Kier alpha value is -0.0100. The van der Waals surface area contributed by atoms with Crippen molar-refractivity contribution in [2.75, 3.05) is 0 Å². The first-order chi connectivity index (χ1) is 3.80. The maximum absolute atomic E-state index is 8.75. The predicted molar refractivity (Wildman–Crippen MR) is 33.8 cm³/mol. The average molecular weight is 133 g/mol. The van der Waals surface area contributed by atoms with Crippen LogP contribution >= 0.6 is 11.6 Å². The van der Waals surface area contributed by atoms with Crippen molar-refractivity contribution in [3.63, 3.8) is 0 Å². The lowest BCUT2D eigenvalue weighted by atomic mass is 10.2. The maximum atomic E-state index is 8.75. The SMILES string of the molecule is OC(Cl)C1=CCCC1. The average Bonchev–Trinajstić information content (AvgIpc) is 2.12. The van der Waals surface area contributed by atoms with Gasteiger partial charge in [0.15, 0.2) is 0 Å². The summed E-state index contributed by atoms with van der Waals surface area (Å²) in [4.78, 5) is 0. The first kappa shape index (κ1) is 6.12. The van der Waals surface area contributed by atoms with Gasteiger partial charge in [0.1, 0.15) is 5.56 Å². The van der Waals surface area contributed by atoms with Crippen LogP contribution < -0.4 is 0 Å². The molecule has 0 aliphatic heterocycles. The summed E-state index contributed by atoms with van der Waals surface area (Å²) in [6, 6.07) is 0. The highest BCUT2D eigenvalue weighted by atomic mass is 35.5. The molecule has 1 atom stereocenters. The third kappa shape index (κ3) is 1.23. The van der Waals surface area contributed by atoms with E-state index in [0.29, 0.717) is 0 Å². The lowest BCUT2D eigenvalue weighted by Crippen LogP contribution is -1.96. The molecule has 2 heteroatoms. The number of hydrogen-bond donors (Lipinski definition) is 1. The molecular weight excluding hydrogens is 124 g/mol. The molecule has 0 radical (unpaired) electrons. The monoisotopic (exact) mass is 132 g/mol. The summed E-state index contributed by atoms with van der Waals surface area (Å²) in [6.45, 7) is 0. The molecule has 0 saturated carbocycles. The van der Waals surface area contributed by atoms with Gasteiger partial charge in [0.05, 0.1) is 0 Å². The summed E-state index contributed by atoms with van der Waals surface area (Å²) in [5.41, 5.74) is 0.268. The van der Waals surface area contributed by atoms with Crippen LogP contribution in [0.25, 0.3) is 0 Å². The van der Waals surface area contributed by atoms with E-state index in [-0.39, 0.29) is 0 Å². The molecule has 8 heavy (non-hydrogen) atoms. The van der Waals surface area contributed by atoms with E-state index in [1.54, 1.807) is 0 Å². The van der Waals surface area contributed by atoms with Gasteiger partial charge >= 0.3 is 0 Å². The Morgan fingerprint density at radius 2 is 2.50 bits per heavy atom. The van der Waals surface area contributed by atoms with Crippen LogP contribution in [0.15, 0.2) is 11.6 Å². The Morgan fingerprint density at radius 3 is 2.75 bits per heavy atom. The second-order valence-corrected chi connectivity index (χ2v) is 2.42. The van der Waals surface area contributed by atoms with Gasteiger partial charge in [-0.2, -0.15) is 0 Å². The van der Waals surface area contributed by atoms with E-state index in [0.717, 1.165) is 24.8 Å². The van der Waals surface area contributed by atoms with E-state index in [9.17, 15) is 0 Å². The van der Waals surface area contributed by atoms with Crippen LogP contribution in [-0.2, 0) is 0 Å². The van der Waals surface area contributed by atoms with Crippen LogP contribution in [0.1, 0.15) is 19.3 Å². The quantitative estimate of drug-likeness (QED) is 0.425. The molecule has 0 fully saturated rings. The Labute approximate surface area is 54.0 Å². The molecule has 0 heterocycles. The first-order valence-electron chi connectivity index (χ1n) is 2.82. The van der Waals surface area contributed by atoms with Crippen LogP contribution in [0.2, 0.25) is 0 Å². The van der Waals surface area contributed by atoms with Crippen LogP contribution in [0.5, 0.6) is 0 Å². The van der Waals surface area contributed by atoms with Crippen molar-refractivity contribution in [2.24, 2.45) is 0 Å². The van der Waals surface area contributed by atoms with Crippen molar-refractivity contribution in [3.05, 3.63) is 11.6 Å². The van der Waals surface area contributed by atoms with Gasteiger partial charge in [-0.1, -0.05) is 17.7 Å². The number of allylic oxidation sites excluding steroid dienone is 1. The number of aliphatic hydroxyl groups is 1. The van der Waals surface area contributed by atoms with Crippen molar-refractivity contribution in [3.8, 4) is 0 Å². The summed E-state index contributed by atoms with van der Waals surface area (Å²) in [5.74, 6) is 0. The van der Waals surface area contributed by atoms with E-state index in [2.05, 4.69) is 0 Å². The van der Waals surface area contributed by atoms with Crippen LogP contribution in [-0.4, -0.2) is 10.7 Å². The molecule has 1 rings (SSSR count). The third-order valence-corrected chi connectivity index (χ3v) is 1.66. The Bertz CT molecular complexity index is 107. The molecule has 0 bridgehead atoms. The van der Waals surface area contributed by atoms with Gasteiger partial charge in [0, 0.05) is 0 Å². The highest BCUT2D eigenvalue weighted by Crippen LogP contribution is 2.22. The van der Waals surface area contributed by atoms with Crippen molar-refractivity contribution in [2.45, 2.75) is 24.8 Å². The molecule has 1 unspecified atom stereocenters. The summed E-state index contributed by atoms with van der Waals surface area (Å²) < 4.78 is 0. The highest BCUT2D eigenvalue weighted by molar-refractivity contribution is 6.21. The lowest BCUT2D eigenvalue weighted by Gasteiger charge is -1.99. The molecule has 0 aromatic rings. The number of hydrogen-bond acceptors (Lipinski definition) is 1. The van der Waals surface area contributed by atoms with Gasteiger partial charge < -0.3 is 5.11 Å². The lowest BCUT2D eigenvalue weighted by molar-refractivity contribution is 0.288. The predicted octanol–water partition coefficient (Wildman–Crippen LogP) is 1.65. The van der Waals surface area contributed by atoms with Gasteiger partial charge in [0.25, 0.3) is 0 Å². The molecule has 46 valence electrons. The normalized spacial score (nSPS) is 23.0. The molecule has 0 aromatic carbocycles. The van der Waals surface area contributed by atoms with E-state index in [1.165, 1.54) is 0 Å². The Balaban J connectivity index is 2.45. The highest BCUT2D eigenvalue weighted by Gasteiger charge is 2.09. The zero-order chi connectivity index (χ0) is 5.98. The number of halogens is 1. The minimum Gasteiger partial charge on any atom is -0.374 e. The smallest absolute Gasteiger partial charge is 0.149 e. The minimum atomic E-state index is -0.725. The fourth-order valence-electron chi connectivity index (χ4n) is 0.912. The molecule has 1 aliphatic carbocycles. The maximum Gasteiger partial charge on any atom is 0.149 e. The topological polar surface area (TPSA) is 20.2 Å². The Kier molecular flexibility index (Phi) is 1.92. The zero-order valence-electron chi connectivity index (χ0n) is 4.60. The minimum absolute atomic E-state index is 0.725. The van der Waals surface area contributed by atoms with Crippen LogP contribution in [0, 0.1) is 0 Å². The molecule has 0 spiro atoms. The largest absolute Gasteiger partial charge is 0.374 e. The number of aliphatic hydroxyl groups excluding tert-OH is 1. The fourth-order valence-corrected chi connectivity index (χ4v) is 1.11. The number of alkyl halides is 1. The van der Waals surface area contributed by atoms with E-state index in [4.69, 9.17) is 16.7 Å². The van der Waals surface area contributed by atoms with E-state index < -0.39 is 5.56 Å². The Morgan fingerprint density at radius 1 is 1.75 bits per heavy atom. The van der Waals surface area contributed by atoms with Gasteiger partial charge in [-0.05, 0) is 24.8 Å². The summed E-state index contributed by atoms with van der Waals surface area (Å²) in [6.07, 6.45) is 5.22. The number of rotatable bonds is 1. The summed E-state index contributed by atoms with van der Waals surface area (Å²) >= 11 is 5.37. The third-order valence-electron chi connectivity index (χ3n) is 1.38. The van der Waals surface area contributed by atoms with Crippen LogP contribution in [0.4, 0.5) is 0 Å². The molecule has 1 N–H and O–H groups in total. The van der Waals surface area contributed by atoms with E-state index in [1.807, 2.05) is 6.08 Å². The van der Waals surface area contributed by atoms with Crippen molar-refractivity contribution < 1.29 is 5.11 Å².